The highest BCUT2D eigenvalue weighted by Gasteiger charge is 2.31. The van der Waals surface area contributed by atoms with Crippen LogP contribution in [-0.2, 0) is 16.8 Å². The van der Waals surface area contributed by atoms with Crippen LogP contribution in [0.5, 0.6) is 11.5 Å². The average molecular weight is 312 g/mol. The van der Waals surface area contributed by atoms with Crippen molar-refractivity contribution in [2.24, 2.45) is 0 Å². The molecule has 3 rings (SSSR count). The Balaban J connectivity index is 1.78. The van der Waals surface area contributed by atoms with Gasteiger partial charge in [-0.3, -0.25) is 0 Å². The third-order valence-corrected chi connectivity index (χ3v) is 5.92. The lowest BCUT2D eigenvalue weighted by atomic mass is 10.2. The van der Waals surface area contributed by atoms with Crippen LogP contribution in [0.1, 0.15) is 25.3 Å². The van der Waals surface area contributed by atoms with Crippen molar-refractivity contribution < 1.29 is 17.9 Å². The highest BCUT2D eigenvalue weighted by molar-refractivity contribution is 7.86. The molecule has 1 saturated heterocycles. The van der Waals surface area contributed by atoms with E-state index in [0.717, 1.165) is 18.4 Å². The zero-order chi connectivity index (χ0) is 14.9. The van der Waals surface area contributed by atoms with Crippen molar-refractivity contribution in [1.29, 1.82) is 0 Å². The predicted molar refractivity (Wildman–Crippen MR) is 78.4 cm³/mol. The van der Waals surface area contributed by atoms with Gasteiger partial charge in [0.2, 0.25) is 6.79 Å². The summed E-state index contributed by atoms with van der Waals surface area (Å²) in [7, 11) is -3.37. The lowest BCUT2D eigenvalue weighted by Gasteiger charge is -2.26. The van der Waals surface area contributed by atoms with Crippen LogP contribution in [-0.4, -0.2) is 43.5 Å². The monoisotopic (exact) mass is 312 g/mol. The summed E-state index contributed by atoms with van der Waals surface area (Å²) in [5.74, 6) is 1.39. The summed E-state index contributed by atoms with van der Waals surface area (Å²) in [6.45, 7) is 4.14. The third-order valence-electron chi connectivity index (χ3n) is 3.87. The van der Waals surface area contributed by atoms with Gasteiger partial charge < -0.3 is 9.47 Å². The number of fused-ring (bicyclic) bond motifs is 1. The molecule has 2 heterocycles. The molecular weight excluding hydrogens is 292 g/mol. The minimum Gasteiger partial charge on any atom is -0.454 e. The molecular formula is C14H20N2O4S. The maximum absolute atomic E-state index is 12.6. The molecule has 0 aliphatic carbocycles. The Hall–Kier alpha value is -1.31. The van der Waals surface area contributed by atoms with Gasteiger partial charge in [-0.25, -0.2) is 0 Å². The van der Waals surface area contributed by atoms with Gasteiger partial charge in [0.25, 0.3) is 10.2 Å². The topological polar surface area (TPSA) is 59.1 Å². The van der Waals surface area contributed by atoms with E-state index in [2.05, 4.69) is 0 Å². The Morgan fingerprint density at radius 1 is 1.19 bits per heavy atom. The van der Waals surface area contributed by atoms with Crippen molar-refractivity contribution in [3.8, 4) is 11.5 Å². The average Bonchev–Trinajstić information content (AvgIpc) is 3.14. The number of benzene rings is 1. The first kappa shape index (κ1) is 14.6. The Labute approximate surface area is 125 Å². The third kappa shape index (κ3) is 2.86. The molecule has 1 fully saturated rings. The van der Waals surface area contributed by atoms with Crippen molar-refractivity contribution >= 4 is 10.2 Å². The van der Waals surface area contributed by atoms with Crippen LogP contribution in [0.15, 0.2) is 18.2 Å². The van der Waals surface area contributed by atoms with Gasteiger partial charge in [-0.2, -0.15) is 17.0 Å². The zero-order valence-corrected chi connectivity index (χ0v) is 12.9. The maximum Gasteiger partial charge on any atom is 0.282 e. The normalized spacial score (nSPS) is 18.6. The van der Waals surface area contributed by atoms with E-state index in [-0.39, 0.29) is 6.79 Å². The standard InChI is InChI=1S/C14H20N2O4S/c1-2-15(21(17,18)16-7-3-4-8-16)10-12-5-6-13-14(9-12)20-11-19-13/h5-6,9H,2-4,7-8,10-11H2,1H3. The van der Waals surface area contributed by atoms with Gasteiger partial charge in [0, 0.05) is 26.2 Å². The van der Waals surface area contributed by atoms with E-state index in [1.165, 1.54) is 4.31 Å². The van der Waals surface area contributed by atoms with Crippen LogP contribution < -0.4 is 9.47 Å². The van der Waals surface area contributed by atoms with E-state index in [9.17, 15) is 8.42 Å². The summed E-state index contributed by atoms with van der Waals surface area (Å²) in [5, 5.41) is 0. The molecule has 0 aromatic heterocycles. The van der Waals surface area contributed by atoms with Crippen molar-refractivity contribution in [3.05, 3.63) is 23.8 Å². The molecule has 0 saturated carbocycles. The smallest absolute Gasteiger partial charge is 0.282 e. The van der Waals surface area contributed by atoms with Gasteiger partial charge in [0.15, 0.2) is 11.5 Å². The Morgan fingerprint density at radius 2 is 1.90 bits per heavy atom. The van der Waals surface area contributed by atoms with Crippen LogP contribution in [0.25, 0.3) is 0 Å². The van der Waals surface area contributed by atoms with Crippen molar-refractivity contribution in [1.82, 2.24) is 8.61 Å². The molecule has 0 N–H and O–H groups in total. The first-order chi connectivity index (χ1) is 10.1. The lowest BCUT2D eigenvalue weighted by molar-refractivity contribution is 0.174. The first-order valence-electron chi connectivity index (χ1n) is 7.25. The SMILES string of the molecule is CCN(Cc1ccc2c(c1)OCO2)S(=O)(=O)N1CCCC1. The summed E-state index contributed by atoms with van der Waals surface area (Å²) in [5.41, 5.74) is 0.906. The van der Waals surface area contributed by atoms with Gasteiger partial charge in [-0.1, -0.05) is 13.0 Å². The van der Waals surface area contributed by atoms with E-state index in [1.807, 2.05) is 25.1 Å². The van der Waals surface area contributed by atoms with Crippen molar-refractivity contribution in [2.75, 3.05) is 26.4 Å². The number of hydrogen-bond acceptors (Lipinski definition) is 4. The fourth-order valence-electron chi connectivity index (χ4n) is 2.68. The predicted octanol–water partition coefficient (Wildman–Crippen LogP) is 1.58. The first-order valence-corrected chi connectivity index (χ1v) is 8.64. The minimum atomic E-state index is -3.37. The Kier molecular flexibility index (Phi) is 4.05. The summed E-state index contributed by atoms with van der Waals surface area (Å²) in [6.07, 6.45) is 1.89. The lowest BCUT2D eigenvalue weighted by Crippen LogP contribution is -2.41. The summed E-state index contributed by atoms with van der Waals surface area (Å²) < 4.78 is 38.9. The fourth-order valence-corrected chi connectivity index (χ4v) is 4.37. The summed E-state index contributed by atoms with van der Waals surface area (Å²) in [4.78, 5) is 0. The maximum atomic E-state index is 12.6. The van der Waals surface area contributed by atoms with Crippen LogP contribution >= 0.6 is 0 Å². The Morgan fingerprint density at radius 3 is 2.62 bits per heavy atom. The number of hydrogen-bond donors (Lipinski definition) is 0. The quantitative estimate of drug-likeness (QED) is 0.828. The summed E-state index contributed by atoms with van der Waals surface area (Å²) in [6, 6.07) is 5.56. The fraction of sp³-hybridized carbons (Fsp3) is 0.571. The molecule has 0 unspecified atom stereocenters. The molecule has 6 nitrogen and oxygen atoms in total. The molecule has 0 bridgehead atoms. The molecule has 1 aromatic rings. The van der Waals surface area contributed by atoms with E-state index in [4.69, 9.17) is 9.47 Å². The number of rotatable bonds is 5. The van der Waals surface area contributed by atoms with Crippen LogP contribution in [0.4, 0.5) is 0 Å². The Bertz CT molecular complexity index is 611. The zero-order valence-electron chi connectivity index (χ0n) is 12.1. The van der Waals surface area contributed by atoms with Gasteiger partial charge in [0.05, 0.1) is 0 Å². The molecule has 0 radical (unpaired) electrons. The van der Waals surface area contributed by atoms with Gasteiger partial charge >= 0.3 is 0 Å². The minimum absolute atomic E-state index is 0.225. The second-order valence-electron chi connectivity index (χ2n) is 5.23. The molecule has 0 amide bonds. The van der Waals surface area contributed by atoms with Gasteiger partial charge in [0.1, 0.15) is 0 Å². The largest absolute Gasteiger partial charge is 0.454 e. The van der Waals surface area contributed by atoms with E-state index in [1.54, 1.807) is 4.31 Å². The molecule has 1 aromatic carbocycles. The van der Waals surface area contributed by atoms with Crippen LogP contribution in [0, 0.1) is 0 Å². The second kappa shape index (κ2) is 5.82. The van der Waals surface area contributed by atoms with E-state index < -0.39 is 10.2 Å². The van der Waals surface area contributed by atoms with Crippen molar-refractivity contribution in [3.63, 3.8) is 0 Å². The van der Waals surface area contributed by atoms with Crippen molar-refractivity contribution in [2.45, 2.75) is 26.3 Å². The molecule has 116 valence electrons. The highest BCUT2D eigenvalue weighted by atomic mass is 32.2. The van der Waals surface area contributed by atoms with Gasteiger partial charge in [-0.05, 0) is 30.5 Å². The number of nitrogens with zero attached hydrogens (tertiary/aromatic N) is 2. The van der Waals surface area contributed by atoms with Gasteiger partial charge in [-0.15, -0.1) is 0 Å². The molecule has 2 aliphatic rings. The summed E-state index contributed by atoms with van der Waals surface area (Å²) >= 11 is 0. The number of ether oxygens (including phenoxy) is 2. The molecule has 0 spiro atoms. The molecule has 7 heteroatoms. The molecule has 2 aliphatic heterocycles. The van der Waals surface area contributed by atoms with E-state index >= 15 is 0 Å². The molecule has 21 heavy (non-hydrogen) atoms. The van der Waals surface area contributed by atoms with Crippen LogP contribution in [0.2, 0.25) is 0 Å². The molecule has 0 atom stereocenters. The highest BCUT2D eigenvalue weighted by Crippen LogP contribution is 2.33. The second-order valence-corrected chi connectivity index (χ2v) is 7.16. The van der Waals surface area contributed by atoms with E-state index in [0.29, 0.717) is 37.7 Å². The van der Waals surface area contributed by atoms with Crippen LogP contribution in [0.3, 0.4) is 0 Å².